The molecule has 0 amide bonds. The summed E-state index contributed by atoms with van der Waals surface area (Å²) in [6, 6.07) is 0. The van der Waals surface area contributed by atoms with Crippen LogP contribution in [0.2, 0.25) is 0 Å². The number of hydrogen-bond donors (Lipinski definition) is 0. The summed E-state index contributed by atoms with van der Waals surface area (Å²) in [6.07, 6.45) is 0.901. The molecule has 2 atom stereocenters. The van der Waals surface area contributed by atoms with Gasteiger partial charge < -0.3 is 4.74 Å². The number of esters is 1. The van der Waals surface area contributed by atoms with Crippen LogP contribution in [-0.4, -0.2) is 17.5 Å². The molecule has 2 nitrogen and oxygen atoms in total. The Balaban J connectivity index is 2.32. The van der Waals surface area contributed by atoms with E-state index in [4.69, 9.17) is 16.3 Å². The molecule has 0 saturated heterocycles. The van der Waals surface area contributed by atoms with Crippen LogP contribution in [0.1, 0.15) is 27.2 Å². The van der Waals surface area contributed by atoms with Crippen LogP contribution in [0.3, 0.4) is 0 Å². The van der Waals surface area contributed by atoms with E-state index >= 15 is 0 Å². The Morgan fingerprint density at radius 2 is 2.17 bits per heavy atom. The first-order valence-electron chi connectivity index (χ1n) is 4.23. The number of carbonyl (C=O) groups is 1. The minimum absolute atomic E-state index is 0.0710. The van der Waals surface area contributed by atoms with Crippen molar-refractivity contribution >= 4 is 17.6 Å². The molecular weight excluding hydrogens is 176 g/mol. The molecule has 0 bridgehead atoms. The van der Waals surface area contributed by atoms with Crippen LogP contribution < -0.4 is 0 Å². The van der Waals surface area contributed by atoms with Crippen molar-refractivity contribution in [2.45, 2.75) is 32.8 Å². The van der Waals surface area contributed by atoms with Crippen molar-refractivity contribution in [2.24, 2.45) is 11.8 Å². The molecule has 1 aliphatic carbocycles. The third kappa shape index (κ3) is 2.67. The summed E-state index contributed by atoms with van der Waals surface area (Å²) in [5, 5.41) is 0. The quantitative estimate of drug-likeness (QED) is 0.493. The zero-order valence-corrected chi connectivity index (χ0v) is 8.52. The Kier molecular flexibility index (Phi) is 2.67. The fourth-order valence-electron chi connectivity index (χ4n) is 1.08. The molecular formula is C9H15ClO2. The Labute approximate surface area is 78.2 Å². The van der Waals surface area contributed by atoms with Crippen molar-refractivity contribution < 1.29 is 9.53 Å². The summed E-state index contributed by atoms with van der Waals surface area (Å²) in [4.78, 5) is 11.3. The summed E-state index contributed by atoms with van der Waals surface area (Å²) in [5.41, 5.74) is -0.365. The molecule has 0 N–H and O–H groups in total. The molecule has 2 unspecified atom stereocenters. The van der Waals surface area contributed by atoms with Gasteiger partial charge in [-0.25, -0.2) is 0 Å². The zero-order valence-electron chi connectivity index (χ0n) is 7.76. The van der Waals surface area contributed by atoms with Gasteiger partial charge in [0.15, 0.2) is 0 Å². The van der Waals surface area contributed by atoms with Crippen LogP contribution in [0.25, 0.3) is 0 Å². The van der Waals surface area contributed by atoms with Crippen LogP contribution in [0.15, 0.2) is 0 Å². The third-order valence-corrected chi connectivity index (χ3v) is 2.23. The lowest BCUT2D eigenvalue weighted by atomic mass is 10.2. The van der Waals surface area contributed by atoms with E-state index in [1.165, 1.54) is 0 Å². The smallest absolute Gasteiger partial charge is 0.309 e. The molecule has 0 aliphatic heterocycles. The molecule has 70 valence electrons. The first kappa shape index (κ1) is 9.85. The SMILES string of the molecule is CC(C)(C)OC(=O)C1CC1CCl. The molecule has 0 aromatic rings. The average molecular weight is 191 g/mol. The average Bonchev–Trinajstić information content (AvgIpc) is 2.60. The normalized spacial score (nSPS) is 28.3. The molecule has 1 aliphatic rings. The molecule has 1 fully saturated rings. The molecule has 1 saturated carbocycles. The second-order valence-corrected chi connectivity index (χ2v) is 4.60. The maximum Gasteiger partial charge on any atom is 0.309 e. The highest BCUT2D eigenvalue weighted by atomic mass is 35.5. The summed E-state index contributed by atoms with van der Waals surface area (Å²) in [5.74, 6) is 0.917. The highest BCUT2D eigenvalue weighted by Gasteiger charge is 2.44. The van der Waals surface area contributed by atoms with Crippen LogP contribution >= 0.6 is 11.6 Å². The Hall–Kier alpha value is -0.240. The first-order chi connectivity index (χ1) is 5.44. The van der Waals surface area contributed by atoms with Gasteiger partial charge in [-0.3, -0.25) is 4.79 Å². The van der Waals surface area contributed by atoms with Crippen LogP contribution in [-0.2, 0) is 9.53 Å². The lowest BCUT2D eigenvalue weighted by Crippen LogP contribution is -2.25. The predicted molar refractivity (Wildman–Crippen MR) is 48.2 cm³/mol. The fourth-order valence-corrected chi connectivity index (χ4v) is 1.43. The van der Waals surface area contributed by atoms with Crippen molar-refractivity contribution in [2.75, 3.05) is 5.88 Å². The monoisotopic (exact) mass is 190 g/mol. The van der Waals surface area contributed by atoms with E-state index in [1.807, 2.05) is 20.8 Å². The lowest BCUT2D eigenvalue weighted by molar-refractivity contribution is -0.156. The highest BCUT2D eigenvalue weighted by Crippen LogP contribution is 2.40. The van der Waals surface area contributed by atoms with Gasteiger partial charge in [0.1, 0.15) is 5.60 Å². The van der Waals surface area contributed by atoms with Gasteiger partial charge in [-0.2, -0.15) is 0 Å². The zero-order chi connectivity index (χ0) is 9.35. The standard InChI is InChI=1S/C9H15ClO2/c1-9(2,3)12-8(11)7-4-6(7)5-10/h6-7H,4-5H2,1-3H3. The Morgan fingerprint density at radius 1 is 1.58 bits per heavy atom. The van der Waals surface area contributed by atoms with Gasteiger partial charge in [0.25, 0.3) is 0 Å². The van der Waals surface area contributed by atoms with E-state index in [1.54, 1.807) is 0 Å². The number of rotatable bonds is 2. The van der Waals surface area contributed by atoms with Crippen molar-refractivity contribution in [3.05, 3.63) is 0 Å². The molecule has 0 heterocycles. The molecule has 3 heteroatoms. The molecule has 0 spiro atoms. The predicted octanol–water partition coefficient (Wildman–Crippen LogP) is 2.20. The summed E-state index contributed by atoms with van der Waals surface area (Å²) in [7, 11) is 0. The van der Waals surface area contributed by atoms with Gasteiger partial charge in [0, 0.05) is 5.88 Å². The van der Waals surface area contributed by atoms with E-state index < -0.39 is 0 Å². The number of alkyl halides is 1. The van der Waals surface area contributed by atoms with Gasteiger partial charge in [-0.1, -0.05) is 0 Å². The van der Waals surface area contributed by atoms with Crippen molar-refractivity contribution in [3.8, 4) is 0 Å². The van der Waals surface area contributed by atoms with Gasteiger partial charge >= 0.3 is 5.97 Å². The first-order valence-corrected chi connectivity index (χ1v) is 4.76. The van der Waals surface area contributed by atoms with Gasteiger partial charge in [-0.05, 0) is 33.1 Å². The molecule has 0 radical (unpaired) electrons. The van der Waals surface area contributed by atoms with Gasteiger partial charge in [-0.15, -0.1) is 11.6 Å². The molecule has 0 aromatic carbocycles. The number of ether oxygens (including phenoxy) is 1. The van der Waals surface area contributed by atoms with Crippen LogP contribution in [0.5, 0.6) is 0 Å². The van der Waals surface area contributed by atoms with Crippen molar-refractivity contribution in [3.63, 3.8) is 0 Å². The minimum Gasteiger partial charge on any atom is -0.460 e. The Bertz CT molecular complexity index is 183. The van der Waals surface area contributed by atoms with E-state index in [0.29, 0.717) is 11.8 Å². The van der Waals surface area contributed by atoms with E-state index in [-0.39, 0.29) is 17.5 Å². The third-order valence-electron chi connectivity index (χ3n) is 1.83. The molecule has 1 rings (SSSR count). The summed E-state index contributed by atoms with van der Waals surface area (Å²) in [6.45, 7) is 5.63. The van der Waals surface area contributed by atoms with E-state index in [9.17, 15) is 4.79 Å². The van der Waals surface area contributed by atoms with E-state index in [0.717, 1.165) is 6.42 Å². The van der Waals surface area contributed by atoms with Gasteiger partial charge in [0.05, 0.1) is 5.92 Å². The second kappa shape index (κ2) is 3.25. The summed E-state index contributed by atoms with van der Waals surface area (Å²) >= 11 is 5.60. The summed E-state index contributed by atoms with van der Waals surface area (Å²) < 4.78 is 5.20. The maximum absolute atomic E-state index is 11.3. The lowest BCUT2D eigenvalue weighted by Gasteiger charge is -2.19. The van der Waals surface area contributed by atoms with Crippen LogP contribution in [0, 0.1) is 11.8 Å². The van der Waals surface area contributed by atoms with Gasteiger partial charge in [0.2, 0.25) is 0 Å². The number of hydrogen-bond acceptors (Lipinski definition) is 2. The maximum atomic E-state index is 11.3. The number of carbonyl (C=O) groups excluding carboxylic acids is 1. The van der Waals surface area contributed by atoms with E-state index in [2.05, 4.69) is 0 Å². The largest absolute Gasteiger partial charge is 0.460 e. The van der Waals surface area contributed by atoms with Crippen LogP contribution in [0.4, 0.5) is 0 Å². The highest BCUT2D eigenvalue weighted by molar-refractivity contribution is 6.18. The van der Waals surface area contributed by atoms with Crippen molar-refractivity contribution in [1.29, 1.82) is 0 Å². The second-order valence-electron chi connectivity index (χ2n) is 4.29. The Morgan fingerprint density at radius 3 is 2.50 bits per heavy atom. The van der Waals surface area contributed by atoms with Crippen molar-refractivity contribution in [1.82, 2.24) is 0 Å². The molecule has 0 aromatic heterocycles. The number of halogens is 1. The minimum atomic E-state index is -0.365. The topological polar surface area (TPSA) is 26.3 Å². The fraction of sp³-hybridized carbons (Fsp3) is 0.889. The molecule has 12 heavy (non-hydrogen) atoms.